The Morgan fingerprint density at radius 2 is 1.85 bits per heavy atom. The molecule has 0 amide bonds. The zero-order valence-corrected chi connectivity index (χ0v) is 28.7. The predicted octanol–water partition coefficient (Wildman–Crippen LogP) is 7.34. The molecule has 0 radical (unpaired) electrons. The Bertz CT molecular complexity index is 1740. The van der Waals surface area contributed by atoms with Gasteiger partial charge in [0.2, 0.25) is 0 Å². The summed E-state index contributed by atoms with van der Waals surface area (Å²) in [6.07, 6.45) is 8.26. The van der Waals surface area contributed by atoms with E-state index in [2.05, 4.69) is 82.1 Å². The Balaban J connectivity index is 1.50. The number of fused-ring (bicyclic) bond motifs is 1. The number of nitriles is 1. The lowest BCUT2D eigenvalue weighted by molar-refractivity contribution is 0.0988. The van der Waals surface area contributed by atoms with Crippen molar-refractivity contribution in [3.8, 4) is 6.07 Å². The molecule has 2 aromatic carbocycles. The van der Waals surface area contributed by atoms with Gasteiger partial charge in [-0.15, -0.1) is 0 Å². The fraction of sp³-hybridized carbons (Fsp3) is 0.378. The van der Waals surface area contributed by atoms with E-state index < -0.39 is 0 Å². The van der Waals surface area contributed by atoms with Crippen molar-refractivity contribution in [3.05, 3.63) is 106 Å². The molecule has 0 bridgehead atoms. The summed E-state index contributed by atoms with van der Waals surface area (Å²) in [5.41, 5.74) is 9.37. The van der Waals surface area contributed by atoms with E-state index in [0.717, 1.165) is 65.9 Å². The van der Waals surface area contributed by atoms with Gasteiger partial charge in [0.15, 0.2) is 0 Å². The van der Waals surface area contributed by atoms with E-state index in [1.807, 2.05) is 55.6 Å². The van der Waals surface area contributed by atoms with Gasteiger partial charge < -0.3 is 21.4 Å². The molecule has 2 atom stereocenters. The average molecular weight is 652 g/mol. The maximum absolute atomic E-state index is 10.1. The molecule has 2 unspecified atom stereocenters. The molecule has 1 saturated heterocycles. The van der Waals surface area contributed by atoms with Gasteiger partial charge in [-0.25, -0.2) is 0 Å². The normalized spacial score (nSPS) is 15.9. The van der Waals surface area contributed by atoms with Crippen molar-refractivity contribution in [2.24, 2.45) is 5.84 Å². The smallest absolute Gasteiger partial charge is 0.103 e. The number of hydrogen-bond donors (Lipinski definition) is 5. The van der Waals surface area contributed by atoms with Crippen molar-refractivity contribution in [1.29, 1.82) is 5.26 Å². The summed E-state index contributed by atoms with van der Waals surface area (Å²) in [5, 5.41) is 22.3. The van der Waals surface area contributed by atoms with E-state index in [1.165, 1.54) is 0 Å². The molecule has 0 spiro atoms. The number of nitrogens with one attached hydrogen (secondary N) is 4. The summed E-state index contributed by atoms with van der Waals surface area (Å²) in [7, 11) is 0. The lowest BCUT2D eigenvalue weighted by Gasteiger charge is -2.41. The van der Waals surface area contributed by atoms with Gasteiger partial charge >= 0.3 is 0 Å². The van der Waals surface area contributed by atoms with Crippen LogP contribution in [0.5, 0.6) is 0 Å². The second kappa shape index (κ2) is 15.0. The zero-order chi connectivity index (χ0) is 33.6. The van der Waals surface area contributed by atoms with Crippen molar-refractivity contribution in [3.63, 3.8) is 0 Å². The molecule has 5 rings (SSSR count). The molecule has 9 nitrogen and oxygen atoms in total. The molecule has 3 heterocycles. The van der Waals surface area contributed by atoms with Crippen molar-refractivity contribution >= 4 is 33.9 Å². The number of piperidine rings is 1. The first-order valence-electron chi connectivity index (χ1n) is 16.3. The molecule has 10 heteroatoms. The maximum Gasteiger partial charge on any atom is 0.103 e. The number of hydrogen-bond acceptors (Lipinski definition) is 9. The van der Waals surface area contributed by atoms with E-state index in [9.17, 15) is 5.26 Å². The molecule has 0 saturated carbocycles. The topological polar surface area (TPSA) is 127 Å². The molecule has 1 fully saturated rings. The van der Waals surface area contributed by atoms with Crippen LogP contribution in [0.25, 0.3) is 10.9 Å². The van der Waals surface area contributed by atoms with Gasteiger partial charge in [-0.2, -0.15) is 5.26 Å². The highest BCUT2D eigenvalue weighted by molar-refractivity contribution is 6.35. The lowest BCUT2D eigenvalue weighted by Crippen LogP contribution is -2.49. The Kier molecular flexibility index (Phi) is 10.9. The van der Waals surface area contributed by atoms with Crippen LogP contribution < -0.4 is 27.2 Å². The molecule has 1 aliphatic heterocycles. The first-order valence-corrected chi connectivity index (χ1v) is 16.7. The zero-order valence-electron chi connectivity index (χ0n) is 27.9. The number of hydrazine groups is 1. The summed E-state index contributed by atoms with van der Waals surface area (Å²) in [5.74, 6) is 6.21. The molecular weight excluding hydrogens is 606 g/mol. The number of pyridine rings is 2. The third-order valence-corrected chi connectivity index (χ3v) is 9.33. The molecule has 47 heavy (non-hydrogen) atoms. The monoisotopic (exact) mass is 651 g/mol. The second-order valence-corrected chi connectivity index (χ2v) is 13.5. The number of halogens is 1. The molecule has 1 aliphatic rings. The minimum absolute atomic E-state index is 0.00704. The highest BCUT2D eigenvalue weighted by Gasteiger charge is 2.27. The number of aromatic nitrogens is 2. The van der Waals surface area contributed by atoms with Gasteiger partial charge in [0, 0.05) is 65.6 Å². The third-order valence-electron chi connectivity index (χ3n) is 9.04. The minimum atomic E-state index is -0.374. The first-order chi connectivity index (χ1) is 22.6. The van der Waals surface area contributed by atoms with Crippen LogP contribution in [0.3, 0.4) is 0 Å². The Morgan fingerprint density at radius 1 is 1.11 bits per heavy atom. The van der Waals surface area contributed by atoms with Crippen LogP contribution in [-0.4, -0.2) is 39.5 Å². The Hall–Kier alpha value is -4.36. The largest absolute Gasteiger partial charge is 0.387 e. The Labute approximate surface area is 283 Å². The number of rotatable bonds is 11. The third kappa shape index (κ3) is 7.96. The van der Waals surface area contributed by atoms with E-state index >= 15 is 0 Å². The second-order valence-electron chi connectivity index (χ2n) is 13.1. The van der Waals surface area contributed by atoms with Crippen LogP contribution in [0.1, 0.15) is 81.4 Å². The molecule has 246 valence electrons. The van der Waals surface area contributed by atoms with E-state index in [1.54, 1.807) is 12.4 Å². The number of nitrogens with two attached hydrogens (primary N) is 1. The van der Waals surface area contributed by atoms with Gasteiger partial charge in [-0.1, -0.05) is 54.9 Å². The summed E-state index contributed by atoms with van der Waals surface area (Å²) >= 11 is 6.90. The summed E-state index contributed by atoms with van der Waals surface area (Å²) in [4.78, 5) is 11.7. The fourth-order valence-electron chi connectivity index (χ4n) is 6.29. The average Bonchev–Trinajstić information content (AvgIpc) is 3.07. The van der Waals surface area contributed by atoms with Gasteiger partial charge in [0.05, 0.1) is 39.6 Å². The fourth-order valence-corrected chi connectivity index (χ4v) is 6.56. The SMILES string of the molecule is CCC(Nc1c(C#N)cnc2c(Cl)cc(NC(C(=CNC3CCN(C(C)(C)C)CC3)NN)c3cccnc3C)cc12)c1ccccc1. The van der Waals surface area contributed by atoms with Crippen LogP contribution >= 0.6 is 11.6 Å². The van der Waals surface area contributed by atoms with E-state index in [4.69, 9.17) is 17.4 Å². The van der Waals surface area contributed by atoms with Crippen LogP contribution in [0.4, 0.5) is 11.4 Å². The van der Waals surface area contributed by atoms with Crippen molar-refractivity contribution in [2.45, 2.75) is 77.5 Å². The molecule has 6 N–H and O–H groups in total. The molecular formula is C37H46ClN9. The summed E-state index contributed by atoms with van der Waals surface area (Å²) in [6, 6.07) is 20.3. The number of likely N-dealkylation sites (tertiary alicyclic amines) is 1. The van der Waals surface area contributed by atoms with E-state index in [-0.39, 0.29) is 17.6 Å². The van der Waals surface area contributed by atoms with E-state index in [0.29, 0.717) is 27.8 Å². The van der Waals surface area contributed by atoms with Crippen molar-refractivity contribution in [1.82, 2.24) is 25.6 Å². The van der Waals surface area contributed by atoms with Gasteiger partial charge in [-0.05, 0) is 70.7 Å². The minimum Gasteiger partial charge on any atom is -0.387 e. The molecule has 4 aromatic rings. The van der Waals surface area contributed by atoms with Gasteiger partial charge in [-0.3, -0.25) is 20.7 Å². The number of aryl methyl sites for hydroxylation is 1. The number of anilines is 2. The first kappa shape index (κ1) is 34.0. The summed E-state index contributed by atoms with van der Waals surface area (Å²) in [6.45, 7) is 13.0. The van der Waals surface area contributed by atoms with Crippen molar-refractivity contribution in [2.75, 3.05) is 23.7 Å². The predicted molar refractivity (Wildman–Crippen MR) is 193 cm³/mol. The van der Waals surface area contributed by atoms with Crippen LogP contribution in [0.15, 0.2) is 78.9 Å². The Morgan fingerprint density at radius 3 is 2.49 bits per heavy atom. The van der Waals surface area contributed by atoms with Crippen LogP contribution in [0.2, 0.25) is 5.02 Å². The highest BCUT2D eigenvalue weighted by Crippen LogP contribution is 2.37. The van der Waals surface area contributed by atoms with Crippen LogP contribution in [-0.2, 0) is 0 Å². The lowest BCUT2D eigenvalue weighted by atomic mass is 9.98. The molecule has 0 aliphatic carbocycles. The standard InChI is InChI=1S/C37H46ClN9/c1-6-32(25-11-8-7-9-12-25)45-34-26(21-39)22-43-35-30(34)19-28(20-31(35)38)44-36(29-13-10-16-41-24(29)2)33(46-40)23-42-27-14-17-47(18-15-27)37(3,4)5/h7-13,16,19-20,22-23,27,32,36,42,44,46H,6,14-15,17-18,40H2,1-5H3,(H,43,45). The van der Waals surface area contributed by atoms with Gasteiger partial charge in [0.25, 0.3) is 0 Å². The number of nitrogens with zero attached hydrogens (tertiary/aromatic N) is 4. The van der Waals surface area contributed by atoms with Gasteiger partial charge in [0.1, 0.15) is 6.07 Å². The number of benzene rings is 2. The molecule has 2 aromatic heterocycles. The van der Waals surface area contributed by atoms with Crippen LogP contribution in [0, 0.1) is 18.3 Å². The summed E-state index contributed by atoms with van der Waals surface area (Å²) < 4.78 is 0. The van der Waals surface area contributed by atoms with Crippen molar-refractivity contribution < 1.29 is 0 Å². The maximum atomic E-state index is 10.1. The quantitative estimate of drug-likeness (QED) is 0.0836. The highest BCUT2D eigenvalue weighted by atomic mass is 35.5.